The van der Waals surface area contributed by atoms with Crippen molar-refractivity contribution < 1.29 is 0 Å². The molecule has 0 bridgehead atoms. The van der Waals surface area contributed by atoms with Crippen molar-refractivity contribution in [3.8, 4) is 0 Å². The van der Waals surface area contributed by atoms with Gasteiger partial charge in [-0.25, -0.2) is 4.68 Å². The first-order chi connectivity index (χ1) is 10.6. The van der Waals surface area contributed by atoms with Gasteiger partial charge in [0, 0.05) is 33.2 Å². The second kappa shape index (κ2) is 6.62. The summed E-state index contributed by atoms with van der Waals surface area (Å²) in [5, 5.41) is 7.32. The zero-order valence-electron chi connectivity index (χ0n) is 12.6. The molecule has 2 aromatic rings. The number of aromatic nitrogens is 2. The lowest BCUT2D eigenvalue weighted by atomic mass is 10.00. The first-order valence-electron chi connectivity index (χ1n) is 7.40. The van der Waals surface area contributed by atoms with E-state index in [0.717, 1.165) is 38.3 Å². The second-order valence-electron chi connectivity index (χ2n) is 5.52. The van der Waals surface area contributed by atoms with Gasteiger partial charge in [-0.15, -0.1) is 0 Å². The molecule has 0 unspecified atom stereocenters. The average molecular weight is 363 g/mol. The fourth-order valence-electron chi connectivity index (χ4n) is 2.73. The molecule has 0 saturated heterocycles. The van der Waals surface area contributed by atoms with Crippen LogP contribution in [-0.4, -0.2) is 34.3 Å². The molecular formula is C16H19BrN4O. The van der Waals surface area contributed by atoms with E-state index in [9.17, 15) is 4.79 Å². The van der Waals surface area contributed by atoms with Gasteiger partial charge in [0.15, 0.2) is 0 Å². The summed E-state index contributed by atoms with van der Waals surface area (Å²) in [7, 11) is 1.64. The van der Waals surface area contributed by atoms with Crippen LogP contribution in [0.5, 0.6) is 0 Å². The molecular weight excluding hydrogens is 344 g/mol. The lowest BCUT2D eigenvalue weighted by Crippen LogP contribution is -2.34. The van der Waals surface area contributed by atoms with Crippen molar-refractivity contribution in [1.29, 1.82) is 0 Å². The minimum Gasteiger partial charge on any atom is -0.381 e. The van der Waals surface area contributed by atoms with Crippen LogP contribution < -0.4 is 10.9 Å². The second-order valence-corrected chi connectivity index (χ2v) is 6.32. The maximum atomic E-state index is 11.8. The molecule has 22 heavy (non-hydrogen) atoms. The molecule has 2 heterocycles. The Morgan fingerprint density at radius 1 is 1.32 bits per heavy atom. The van der Waals surface area contributed by atoms with Crippen molar-refractivity contribution in [2.75, 3.05) is 25.0 Å². The molecule has 5 nitrogen and oxygen atoms in total. The summed E-state index contributed by atoms with van der Waals surface area (Å²) in [5.74, 6) is 0. The number of halogens is 1. The fourth-order valence-corrected chi connectivity index (χ4v) is 3.23. The quantitative estimate of drug-likeness (QED) is 0.903. The fraction of sp³-hybridized carbons (Fsp3) is 0.375. The summed E-state index contributed by atoms with van der Waals surface area (Å²) < 4.78 is 1.85. The van der Waals surface area contributed by atoms with E-state index in [-0.39, 0.29) is 5.56 Å². The Labute approximate surface area is 138 Å². The lowest BCUT2D eigenvalue weighted by molar-refractivity contribution is 0.264. The van der Waals surface area contributed by atoms with Gasteiger partial charge in [-0.2, -0.15) is 5.10 Å². The number of nitrogens with one attached hydrogen (secondary N) is 1. The summed E-state index contributed by atoms with van der Waals surface area (Å²) >= 11 is 3.33. The first kappa shape index (κ1) is 15.2. The monoisotopic (exact) mass is 362 g/mol. The number of hydrogen-bond donors (Lipinski definition) is 1. The summed E-state index contributed by atoms with van der Waals surface area (Å²) in [6.45, 7) is 3.80. The Morgan fingerprint density at radius 3 is 2.91 bits per heavy atom. The van der Waals surface area contributed by atoms with Crippen molar-refractivity contribution >= 4 is 21.6 Å². The molecule has 0 atom stereocenters. The van der Waals surface area contributed by atoms with E-state index in [0.29, 0.717) is 4.47 Å². The molecule has 1 aromatic carbocycles. The molecule has 1 N–H and O–H groups in total. The third-order valence-corrected chi connectivity index (χ3v) is 4.80. The van der Waals surface area contributed by atoms with Gasteiger partial charge in [0.2, 0.25) is 0 Å². The minimum atomic E-state index is -0.128. The molecule has 1 aromatic heterocycles. The Kier molecular flexibility index (Phi) is 4.59. The standard InChI is InChI=1S/C16H19BrN4O/c1-20-16(22)15(17)14(10-19-20)18-7-9-21-8-6-12-4-2-3-5-13(12)11-21/h2-5,10,18H,6-9,11H2,1H3. The Morgan fingerprint density at radius 2 is 2.09 bits per heavy atom. The van der Waals surface area contributed by atoms with Gasteiger partial charge in [-0.3, -0.25) is 9.69 Å². The number of benzene rings is 1. The van der Waals surface area contributed by atoms with Crippen molar-refractivity contribution in [1.82, 2.24) is 14.7 Å². The highest BCUT2D eigenvalue weighted by Crippen LogP contribution is 2.19. The number of fused-ring (bicyclic) bond motifs is 1. The Hall–Kier alpha value is -1.66. The summed E-state index contributed by atoms with van der Waals surface area (Å²) in [5.41, 5.74) is 3.51. The van der Waals surface area contributed by atoms with Crippen molar-refractivity contribution in [2.45, 2.75) is 13.0 Å². The molecule has 1 aliphatic heterocycles. The van der Waals surface area contributed by atoms with Crippen molar-refractivity contribution in [2.24, 2.45) is 7.05 Å². The van der Waals surface area contributed by atoms with E-state index in [4.69, 9.17) is 0 Å². The van der Waals surface area contributed by atoms with Crippen LogP contribution in [0.4, 0.5) is 5.69 Å². The maximum Gasteiger partial charge on any atom is 0.282 e. The molecule has 6 heteroatoms. The molecule has 0 spiro atoms. The van der Waals surface area contributed by atoms with Crippen molar-refractivity contribution in [3.05, 3.63) is 56.4 Å². The molecule has 116 valence electrons. The van der Waals surface area contributed by atoms with Gasteiger partial charge in [0.1, 0.15) is 4.47 Å². The van der Waals surface area contributed by atoms with E-state index in [1.165, 1.54) is 15.8 Å². The summed E-state index contributed by atoms with van der Waals surface area (Å²) in [4.78, 5) is 14.2. The minimum absolute atomic E-state index is 0.128. The number of aryl methyl sites for hydroxylation is 1. The van der Waals surface area contributed by atoms with Gasteiger partial charge < -0.3 is 5.32 Å². The summed E-state index contributed by atoms with van der Waals surface area (Å²) in [6.07, 6.45) is 2.78. The van der Waals surface area contributed by atoms with Gasteiger partial charge in [-0.05, 0) is 33.5 Å². The Bertz CT molecular complexity index is 728. The van der Waals surface area contributed by atoms with E-state index >= 15 is 0 Å². The van der Waals surface area contributed by atoms with E-state index in [1.807, 2.05) is 0 Å². The molecule has 0 amide bonds. The summed E-state index contributed by atoms with van der Waals surface area (Å²) in [6, 6.07) is 8.63. The molecule has 0 fully saturated rings. The molecule has 0 saturated carbocycles. The Balaban J connectivity index is 1.56. The third-order valence-electron chi connectivity index (χ3n) is 4.03. The van der Waals surface area contributed by atoms with Gasteiger partial charge in [0.25, 0.3) is 5.56 Å². The van der Waals surface area contributed by atoms with Gasteiger partial charge in [-0.1, -0.05) is 24.3 Å². The van der Waals surface area contributed by atoms with Crippen LogP contribution in [0, 0.1) is 0 Å². The normalized spacial score (nSPS) is 14.6. The average Bonchev–Trinajstić information content (AvgIpc) is 2.55. The molecule has 1 aliphatic rings. The van der Waals surface area contributed by atoms with Crippen LogP contribution in [0.2, 0.25) is 0 Å². The molecule has 0 aliphatic carbocycles. The molecule has 0 radical (unpaired) electrons. The third kappa shape index (κ3) is 3.23. The van der Waals surface area contributed by atoms with Gasteiger partial charge >= 0.3 is 0 Å². The van der Waals surface area contributed by atoms with Gasteiger partial charge in [0.05, 0.1) is 11.9 Å². The van der Waals surface area contributed by atoms with Crippen LogP contribution >= 0.6 is 15.9 Å². The topological polar surface area (TPSA) is 50.2 Å². The largest absolute Gasteiger partial charge is 0.381 e. The lowest BCUT2D eigenvalue weighted by Gasteiger charge is -2.28. The van der Waals surface area contributed by atoms with Crippen LogP contribution in [0.3, 0.4) is 0 Å². The highest BCUT2D eigenvalue weighted by molar-refractivity contribution is 9.10. The van der Waals surface area contributed by atoms with E-state index in [2.05, 4.69) is 55.5 Å². The zero-order valence-corrected chi connectivity index (χ0v) is 14.1. The number of hydrogen-bond acceptors (Lipinski definition) is 4. The van der Waals surface area contributed by atoms with Crippen LogP contribution in [0.1, 0.15) is 11.1 Å². The predicted molar refractivity (Wildman–Crippen MR) is 91.1 cm³/mol. The number of anilines is 1. The van der Waals surface area contributed by atoms with Crippen LogP contribution in [0.25, 0.3) is 0 Å². The highest BCUT2D eigenvalue weighted by Gasteiger charge is 2.15. The number of nitrogens with zero attached hydrogens (tertiary/aromatic N) is 3. The van der Waals surface area contributed by atoms with Crippen LogP contribution in [0.15, 0.2) is 39.7 Å². The smallest absolute Gasteiger partial charge is 0.282 e. The zero-order chi connectivity index (χ0) is 15.5. The SMILES string of the molecule is Cn1ncc(NCCN2CCc3ccccc3C2)c(Br)c1=O. The number of rotatable bonds is 4. The van der Waals surface area contributed by atoms with E-state index in [1.54, 1.807) is 13.2 Å². The molecule has 3 rings (SSSR count). The van der Waals surface area contributed by atoms with E-state index < -0.39 is 0 Å². The first-order valence-corrected chi connectivity index (χ1v) is 8.19. The highest BCUT2D eigenvalue weighted by atomic mass is 79.9. The maximum absolute atomic E-state index is 11.8. The predicted octanol–water partition coefficient (Wildman–Crippen LogP) is 2.01. The van der Waals surface area contributed by atoms with Crippen LogP contribution in [-0.2, 0) is 20.0 Å². The van der Waals surface area contributed by atoms with Crippen molar-refractivity contribution in [3.63, 3.8) is 0 Å².